The third-order valence-electron chi connectivity index (χ3n) is 4.48. The van der Waals surface area contributed by atoms with Gasteiger partial charge in [0.2, 0.25) is 10.0 Å². The van der Waals surface area contributed by atoms with Crippen molar-refractivity contribution in [1.29, 1.82) is 0 Å². The number of anilines is 1. The molecule has 0 aliphatic heterocycles. The van der Waals surface area contributed by atoms with Crippen molar-refractivity contribution in [3.63, 3.8) is 0 Å². The number of hydrogen-bond acceptors (Lipinski definition) is 4. The van der Waals surface area contributed by atoms with Gasteiger partial charge < -0.3 is 10.1 Å². The van der Waals surface area contributed by atoms with E-state index in [-0.39, 0.29) is 11.8 Å². The third-order valence-corrected chi connectivity index (χ3v) is 6.38. The molecule has 0 saturated heterocycles. The van der Waals surface area contributed by atoms with Gasteiger partial charge in [0.05, 0.1) is 5.25 Å². The summed E-state index contributed by atoms with van der Waals surface area (Å²) in [5.74, 6) is 0.155. The average Bonchev–Trinajstić information content (AvgIpc) is 2.54. The maximum atomic E-state index is 12.1. The first-order chi connectivity index (χ1) is 12.0. The topological polar surface area (TPSA) is 67.4 Å². The molecule has 2 N–H and O–H groups in total. The van der Waals surface area contributed by atoms with Crippen molar-refractivity contribution in [2.24, 2.45) is 5.92 Å². The Kier molecular flexibility index (Phi) is 6.79. The monoisotopic (exact) mass is 394 g/mol. The van der Waals surface area contributed by atoms with E-state index in [0.29, 0.717) is 12.5 Å². The highest BCUT2D eigenvalue weighted by molar-refractivity contribution is 7.90. The Morgan fingerprint density at radius 1 is 1.12 bits per heavy atom. The van der Waals surface area contributed by atoms with Crippen LogP contribution in [0.25, 0.3) is 0 Å². The molecule has 1 aliphatic rings. The number of benzene rings is 1. The first-order valence-corrected chi connectivity index (χ1v) is 10.2. The van der Waals surface area contributed by atoms with Crippen LogP contribution in [0, 0.1) is 5.92 Å². The summed E-state index contributed by atoms with van der Waals surface area (Å²) in [5.41, 5.74) is 0.724. The minimum atomic E-state index is -4.69. The number of nitrogens with one attached hydrogen (secondary N) is 2. The summed E-state index contributed by atoms with van der Waals surface area (Å²) in [5, 5.41) is 2.77. The van der Waals surface area contributed by atoms with E-state index in [2.05, 4.69) is 14.8 Å². The van der Waals surface area contributed by atoms with Crippen molar-refractivity contribution in [3.8, 4) is 5.75 Å². The van der Waals surface area contributed by atoms with E-state index in [1.807, 2.05) is 0 Å². The standard InChI is InChI=1S/C17H25F3N2O3S/c1-12(2)26(23,24)22-15-5-3-13(4-6-15)11-21-14-7-9-16(10-8-14)25-17(18,19)20/h7-10,12-13,15,21-22H,3-6,11H2,1-2H3/t13-,15-. The number of hydrogen-bond donors (Lipinski definition) is 2. The predicted molar refractivity (Wildman–Crippen MR) is 94.6 cm³/mol. The Balaban J connectivity index is 1.75. The molecule has 0 amide bonds. The van der Waals surface area contributed by atoms with Gasteiger partial charge in [0.1, 0.15) is 5.75 Å². The van der Waals surface area contributed by atoms with E-state index in [0.717, 1.165) is 31.4 Å². The minimum absolute atomic E-state index is 0.0162. The smallest absolute Gasteiger partial charge is 0.406 e. The number of alkyl halides is 3. The molecule has 9 heteroatoms. The average molecular weight is 394 g/mol. The molecule has 0 spiro atoms. The molecule has 1 aromatic carbocycles. The van der Waals surface area contributed by atoms with E-state index >= 15 is 0 Å². The Morgan fingerprint density at radius 2 is 1.69 bits per heavy atom. The molecular formula is C17H25F3N2O3S. The van der Waals surface area contributed by atoms with Crippen LogP contribution in [0.5, 0.6) is 5.75 Å². The van der Waals surface area contributed by atoms with Gasteiger partial charge in [-0.05, 0) is 69.7 Å². The normalized spacial score (nSPS) is 21.6. The molecule has 1 aromatic rings. The third kappa shape index (κ3) is 6.68. The van der Waals surface area contributed by atoms with Crippen LogP contribution in [0.2, 0.25) is 0 Å². The Bertz CT molecular complexity index is 667. The Labute approximate surface area is 152 Å². The molecular weight excluding hydrogens is 369 g/mol. The molecule has 0 unspecified atom stereocenters. The molecule has 0 radical (unpaired) electrons. The van der Waals surface area contributed by atoms with E-state index in [9.17, 15) is 21.6 Å². The zero-order valence-electron chi connectivity index (χ0n) is 14.8. The number of halogens is 3. The highest BCUT2D eigenvalue weighted by Crippen LogP contribution is 2.27. The predicted octanol–water partition coefficient (Wildman–Crippen LogP) is 3.88. The van der Waals surface area contributed by atoms with Gasteiger partial charge in [-0.3, -0.25) is 0 Å². The fourth-order valence-corrected chi connectivity index (χ4v) is 3.86. The fraction of sp³-hybridized carbons (Fsp3) is 0.647. The van der Waals surface area contributed by atoms with Crippen LogP contribution in [0.15, 0.2) is 24.3 Å². The van der Waals surface area contributed by atoms with Gasteiger partial charge in [-0.1, -0.05) is 0 Å². The minimum Gasteiger partial charge on any atom is -0.406 e. The van der Waals surface area contributed by atoms with Crippen molar-refractivity contribution in [3.05, 3.63) is 24.3 Å². The second-order valence-corrected chi connectivity index (χ2v) is 9.15. The summed E-state index contributed by atoms with van der Waals surface area (Å²) < 4.78 is 66.8. The largest absolute Gasteiger partial charge is 0.573 e. The van der Waals surface area contributed by atoms with Crippen molar-refractivity contribution >= 4 is 15.7 Å². The molecule has 5 nitrogen and oxygen atoms in total. The lowest BCUT2D eigenvalue weighted by Crippen LogP contribution is -2.41. The van der Waals surface area contributed by atoms with Gasteiger partial charge in [-0.15, -0.1) is 13.2 Å². The second kappa shape index (κ2) is 8.47. The van der Waals surface area contributed by atoms with E-state index in [1.165, 1.54) is 12.1 Å². The zero-order valence-corrected chi connectivity index (χ0v) is 15.7. The van der Waals surface area contributed by atoms with Crippen LogP contribution >= 0.6 is 0 Å². The molecule has 0 aromatic heterocycles. The molecule has 2 rings (SSSR count). The maximum absolute atomic E-state index is 12.1. The molecule has 1 fully saturated rings. The summed E-state index contributed by atoms with van der Waals surface area (Å²) >= 11 is 0. The van der Waals surface area contributed by atoms with Crippen LogP contribution in [-0.2, 0) is 10.0 Å². The lowest BCUT2D eigenvalue weighted by Gasteiger charge is -2.29. The van der Waals surface area contributed by atoms with Crippen molar-refractivity contribution in [2.45, 2.75) is 57.2 Å². The molecule has 0 bridgehead atoms. The molecule has 0 atom stereocenters. The maximum Gasteiger partial charge on any atom is 0.573 e. The Hall–Kier alpha value is -1.48. The van der Waals surface area contributed by atoms with E-state index in [1.54, 1.807) is 26.0 Å². The van der Waals surface area contributed by atoms with E-state index in [4.69, 9.17) is 0 Å². The Morgan fingerprint density at radius 3 is 2.19 bits per heavy atom. The van der Waals surface area contributed by atoms with Gasteiger partial charge in [0, 0.05) is 18.3 Å². The van der Waals surface area contributed by atoms with Gasteiger partial charge in [0.25, 0.3) is 0 Å². The van der Waals surface area contributed by atoms with Crippen LogP contribution in [-0.4, -0.2) is 32.6 Å². The summed E-state index contributed by atoms with van der Waals surface area (Å²) in [4.78, 5) is 0. The highest BCUT2D eigenvalue weighted by Gasteiger charge is 2.31. The van der Waals surface area contributed by atoms with Gasteiger partial charge in [0.15, 0.2) is 0 Å². The van der Waals surface area contributed by atoms with E-state index < -0.39 is 21.6 Å². The van der Waals surface area contributed by atoms with Crippen LogP contribution in [0.3, 0.4) is 0 Å². The number of sulfonamides is 1. The lowest BCUT2D eigenvalue weighted by molar-refractivity contribution is -0.274. The summed E-state index contributed by atoms with van der Waals surface area (Å²) in [6.07, 6.45) is -1.32. The highest BCUT2D eigenvalue weighted by atomic mass is 32.2. The quantitative estimate of drug-likeness (QED) is 0.736. The second-order valence-electron chi connectivity index (χ2n) is 6.88. The lowest BCUT2D eigenvalue weighted by atomic mass is 9.86. The summed E-state index contributed by atoms with van der Waals surface area (Å²) in [6.45, 7) is 4.01. The molecule has 1 aliphatic carbocycles. The first kappa shape index (κ1) is 20.8. The fourth-order valence-electron chi connectivity index (χ4n) is 2.89. The van der Waals surface area contributed by atoms with Gasteiger partial charge >= 0.3 is 6.36 Å². The zero-order chi connectivity index (χ0) is 19.4. The van der Waals surface area contributed by atoms with Crippen molar-refractivity contribution < 1.29 is 26.3 Å². The number of ether oxygens (including phenoxy) is 1. The van der Waals surface area contributed by atoms with Gasteiger partial charge in [-0.2, -0.15) is 0 Å². The summed E-state index contributed by atoms with van der Waals surface area (Å²) in [7, 11) is -3.25. The summed E-state index contributed by atoms with van der Waals surface area (Å²) in [6, 6.07) is 5.62. The van der Waals surface area contributed by atoms with Gasteiger partial charge in [-0.25, -0.2) is 13.1 Å². The molecule has 148 valence electrons. The molecule has 1 saturated carbocycles. The van der Waals surface area contributed by atoms with Crippen LogP contribution < -0.4 is 14.8 Å². The molecule has 0 heterocycles. The van der Waals surface area contributed by atoms with Crippen LogP contribution in [0.1, 0.15) is 39.5 Å². The van der Waals surface area contributed by atoms with Crippen molar-refractivity contribution in [2.75, 3.05) is 11.9 Å². The van der Waals surface area contributed by atoms with Crippen LogP contribution in [0.4, 0.5) is 18.9 Å². The number of rotatable bonds is 7. The van der Waals surface area contributed by atoms with Crippen molar-refractivity contribution in [1.82, 2.24) is 4.72 Å². The first-order valence-electron chi connectivity index (χ1n) is 8.66. The molecule has 26 heavy (non-hydrogen) atoms. The SMILES string of the molecule is CC(C)S(=O)(=O)N[C@H]1CC[C@H](CNc2ccc(OC(F)(F)F)cc2)CC1.